The molecular formula is C12H18N2O6. The first-order chi connectivity index (χ1) is 9.37. The summed E-state index contributed by atoms with van der Waals surface area (Å²) in [5.74, 6) is 0. The van der Waals surface area contributed by atoms with Crippen molar-refractivity contribution >= 4 is 0 Å². The molecule has 20 heavy (non-hydrogen) atoms. The van der Waals surface area contributed by atoms with E-state index in [1.165, 1.54) is 13.1 Å². The number of nitrogens with one attached hydrogen (secondary N) is 1. The van der Waals surface area contributed by atoms with Crippen LogP contribution in [-0.4, -0.2) is 49.8 Å². The van der Waals surface area contributed by atoms with Gasteiger partial charge in [-0.3, -0.25) is 14.3 Å². The topological polar surface area (TPSA) is 125 Å². The van der Waals surface area contributed by atoms with Crippen molar-refractivity contribution in [3.05, 3.63) is 32.6 Å². The maximum Gasteiger partial charge on any atom is 0.330 e. The van der Waals surface area contributed by atoms with E-state index in [9.17, 15) is 19.8 Å². The van der Waals surface area contributed by atoms with Gasteiger partial charge < -0.3 is 20.1 Å². The van der Waals surface area contributed by atoms with Gasteiger partial charge in [0.2, 0.25) is 0 Å². The van der Waals surface area contributed by atoms with Crippen LogP contribution in [0.15, 0.2) is 15.8 Å². The predicted octanol–water partition coefficient (Wildman–Crippen LogP) is -1.98. The molecule has 0 aliphatic carbocycles. The monoisotopic (exact) mass is 286 g/mol. The Bertz CT molecular complexity index is 609. The van der Waals surface area contributed by atoms with Crippen molar-refractivity contribution < 1.29 is 20.1 Å². The van der Waals surface area contributed by atoms with E-state index in [4.69, 9.17) is 9.84 Å². The van der Waals surface area contributed by atoms with E-state index < -0.39 is 41.9 Å². The number of aromatic amines is 1. The van der Waals surface area contributed by atoms with E-state index in [1.54, 1.807) is 6.92 Å². The van der Waals surface area contributed by atoms with Crippen LogP contribution < -0.4 is 11.2 Å². The van der Waals surface area contributed by atoms with Crippen LogP contribution in [0, 0.1) is 6.92 Å². The van der Waals surface area contributed by atoms with Crippen LogP contribution in [0.4, 0.5) is 0 Å². The van der Waals surface area contributed by atoms with Crippen LogP contribution in [0.3, 0.4) is 0 Å². The molecule has 2 heterocycles. The van der Waals surface area contributed by atoms with Crippen molar-refractivity contribution in [3.63, 3.8) is 0 Å². The van der Waals surface area contributed by atoms with Gasteiger partial charge in [0.1, 0.15) is 18.3 Å². The van der Waals surface area contributed by atoms with Gasteiger partial charge in [-0.15, -0.1) is 0 Å². The Morgan fingerprint density at radius 1 is 1.45 bits per heavy atom. The largest absolute Gasteiger partial charge is 0.394 e. The van der Waals surface area contributed by atoms with Gasteiger partial charge in [0, 0.05) is 11.8 Å². The minimum Gasteiger partial charge on any atom is -0.394 e. The summed E-state index contributed by atoms with van der Waals surface area (Å²) in [7, 11) is 0. The first kappa shape index (κ1) is 14.9. The molecule has 1 aliphatic heterocycles. The average Bonchev–Trinajstić information content (AvgIpc) is 2.68. The maximum atomic E-state index is 12.0. The highest BCUT2D eigenvalue weighted by atomic mass is 16.6. The summed E-state index contributed by atoms with van der Waals surface area (Å²) in [5.41, 5.74) is -2.51. The maximum absolute atomic E-state index is 12.0. The third-order valence-electron chi connectivity index (χ3n) is 3.74. The molecule has 1 aromatic heterocycles. The Morgan fingerprint density at radius 3 is 2.60 bits per heavy atom. The first-order valence-corrected chi connectivity index (χ1v) is 6.35. The summed E-state index contributed by atoms with van der Waals surface area (Å²) in [4.78, 5) is 25.5. The van der Waals surface area contributed by atoms with Crippen LogP contribution in [0.25, 0.3) is 0 Å². The van der Waals surface area contributed by atoms with E-state index in [0.717, 1.165) is 4.57 Å². The lowest BCUT2D eigenvalue weighted by Gasteiger charge is -2.32. The van der Waals surface area contributed by atoms with Gasteiger partial charge in [-0.2, -0.15) is 0 Å². The lowest BCUT2D eigenvalue weighted by molar-refractivity contribution is -0.152. The molecule has 0 spiro atoms. The SMILES string of the molecule is CC[C@@]1(n2cc(C)c(=O)[nH]c2=O)O[C@H](CO)[C@@H](O)[C@H]1O. The van der Waals surface area contributed by atoms with Gasteiger partial charge in [0.05, 0.1) is 6.61 Å². The second-order valence-corrected chi connectivity index (χ2v) is 4.91. The van der Waals surface area contributed by atoms with Gasteiger partial charge in [-0.25, -0.2) is 4.79 Å². The molecule has 0 unspecified atom stereocenters. The molecule has 0 bridgehead atoms. The number of hydrogen-bond acceptors (Lipinski definition) is 6. The number of hydrogen-bond donors (Lipinski definition) is 4. The minimum atomic E-state index is -1.52. The number of aryl methyl sites for hydroxylation is 1. The molecule has 1 aromatic rings. The van der Waals surface area contributed by atoms with Crippen molar-refractivity contribution in [1.29, 1.82) is 0 Å². The predicted molar refractivity (Wildman–Crippen MR) is 68.3 cm³/mol. The van der Waals surface area contributed by atoms with Gasteiger partial charge in [0.25, 0.3) is 5.56 Å². The standard InChI is InChI=1S/C12H18N2O6/c1-3-12(9(17)8(16)7(5-15)20-12)14-4-6(2)10(18)13-11(14)19/h4,7-9,15-17H,3,5H2,1-2H3,(H,13,18,19)/t7-,8-,9-,12-/m1/s1. The molecule has 8 nitrogen and oxygen atoms in total. The van der Waals surface area contributed by atoms with Crippen LogP contribution in [0.2, 0.25) is 0 Å². The molecule has 8 heteroatoms. The van der Waals surface area contributed by atoms with Crippen LogP contribution in [0.5, 0.6) is 0 Å². The van der Waals surface area contributed by atoms with E-state index in [0.29, 0.717) is 0 Å². The number of aliphatic hydroxyl groups is 3. The Hall–Kier alpha value is -1.48. The zero-order valence-electron chi connectivity index (χ0n) is 11.2. The number of nitrogens with zero attached hydrogens (tertiary/aromatic N) is 1. The number of ether oxygens (including phenoxy) is 1. The fraction of sp³-hybridized carbons (Fsp3) is 0.667. The molecule has 112 valence electrons. The van der Waals surface area contributed by atoms with Crippen molar-refractivity contribution in [3.8, 4) is 0 Å². The molecule has 1 fully saturated rings. The Balaban J connectivity index is 2.61. The highest BCUT2D eigenvalue weighted by molar-refractivity contribution is 5.07. The van der Waals surface area contributed by atoms with Gasteiger partial charge >= 0.3 is 5.69 Å². The van der Waals surface area contributed by atoms with Crippen LogP contribution >= 0.6 is 0 Å². The molecule has 4 N–H and O–H groups in total. The third kappa shape index (κ3) is 2.01. The van der Waals surface area contributed by atoms with Crippen molar-refractivity contribution in [2.24, 2.45) is 0 Å². The normalized spacial score (nSPS) is 33.5. The summed E-state index contributed by atoms with van der Waals surface area (Å²) in [6.07, 6.45) is -2.26. The lowest BCUT2D eigenvalue weighted by Crippen LogP contribution is -2.51. The molecule has 4 atom stereocenters. The quantitative estimate of drug-likeness (QED) is 0.510. The number of rotatable bonds is 3. The molecule has 1 aliphatic rings. The number of aliphatic hydroxyl groups excluding tert-OH is 3. The summed E-state index contributed by atoms with van der Waals surface area (Å²) < 4.78 is 6.59. The van der Waals surface area contributed by atoms with Gasteiger partial charge in [-0.05, 0) is 13.3 Å². The summed E-state index contributed by atoms with van der Waals surface area (Å²) >= 11 is 0. The molecule has 0 saturated carbocycles. The third-order valence-corrected chi connectivity index (χ3v) is 3.74. The average molecular weight is 286 g/mol. The van der Waals surface area contributed by atoms with Gasteiger partial charge in [0.15, 0.2) is 5.72 Å². The molecule has 0 amide bonds. The van der Waals surface area contributed by atoms with Crippen LogP contribution in [0.1, 0.15) is 18.9 Å². The van der Waals surface area contributed by atoms with Gasteiger partial charge in [-0.1, -0.05) is 6.92 Å². The molecule has 0 aromatic carbocycles. The highest BCUT2D eigenvalue weighted by Gasteiger charge is 2.54. The smallest absolute Gasteiger partial charge is 0.330 e. The lowest BCUT2D eigenvalue weighted by atomic mass is 10.00. The molecule has 2 rings (SSSR count). The van der Waals surface area contributed by atoms with E-state index >= 15 is 0 Å². The fourth-order valence-electron chi connectivity index (χ4n) is 2.53. The van der Waals surface area contributed by atoms with Crippen molar-refractivity contribution in [2.45, 2.75) is 44.3 Å². The molecular weight excluding hydrogens is 268 g/mol. The van der Waals surface area contributed by atoms with Crippen LogP contribution in [-0.2, 0) is 10.5 Å². The Labute approximate surface area is 114 Å². The van der Waals surface area contributed by atoms with Crippen molar-refractivity contribution in [1.82, 2.24) is 9.55 Å². The second-order valence-electron chi connectivity index (χ2n) is 4.91. The fourth-order valence-corrected chi connectivity index (χ4v) is 2.53. The van der Waals surface area contributed by atoms with E-state index in [2.05, 4.69) is 4.98 Å². The summed E-state index contributed by atoms with van der Waals surface area (Å²) in [5, 5.41) is 29.2. The summed E-state index contributed by atoms with van der Waals surface area (Å²) in [6, 6.07) is 0. The molecule has 0 radical (unpaired) electrons. The Morgan fingerprint density at radius 2 is 2.10 bits per heavy atom. The number of H-pyrrole nitrogens is 1. The van der Waals surface area contributed by atoms with E-state index in [-0.39, 0.29) is 12.0 Å². The zero-order valence-corrected chi connectivity index (χ0v) is 11.2. The van der Waals surface area contributed by atoms with Crippen molar-refractivity contribution in [2.75, 3.05) is 6.61 Å². The molecule has 1 saturated heterocycles. The zero-order chi connectivity index (χ0) is 15.1. The minimum absolute atomic E-state index is 0.174. The second kappa shape index (κ2) is 5.13. The summed E-state index contributed by atoms with van der Waals surface area (Å²) in [6.45, 7) is 2.69. The van der Waals surface area contributed by atoms with E-state index in [1.807, 2.05) is 0 Å². The highest BCUT2D eigenvalue weighted by Crippen LogP contribution is 2.37. The first-order valence-electron chi connectivity index (χ1n) is 6.35. The number of aromatic nitrogens is 2. The Kier molecular flexibility index (Phi) is 3.83.